The van der Waals surface area contributed by atoms with E-state index in [0.717, 1.165) is 17.6 Å². The van der Waals surface area contributed by atoms with E-state index >= 15 is 0 Å². The summed E-state index contributed by atoms with van der Waals surface area (Å²) >= 11 is 0. The summed E-state index contributed by atoms with van der Waals surface area (Å²) in [6.45, 7) is 10.9. The molecule has 1 rings (SSSR count). The molecule has 0 aliphatic rings. The molecule has 0 spiro atoms. The molecule has 2 unspecified atom stereocenters. The van der Waals surface area contributed by atoms with Crippen molar-refractivity contribution in [3.05, 3.63) is 48.6 Å². The molecule has 1 aromatic rings. The van der Waals surface area contributed by atoms with Gasteiger partial charge in [-0.05, 0) is 39.5 Å². The summed E-state index contributed by atoms with van der Waals surface area (Å²) in [6, 6.07) is 10.6. The molecule has 196 valence electrons. The predicted molar refractivity (Wildman–Crippen MR) is 148 cm³/mol. The smallest absolute Gasteiger partial charge is 0.105 e. The molecule has 3 heteroatoms. The highest BCUT2D eigenvalue weighted by Crippen LogP contribution is 2.20. The van der Waals surface area contributed by atoms with E-state index in [1.807, 2.05) is 19.9 Å². The van der Waals surface area contributed by atoms with E-state index in [9.17, 15) is 10.2 Å². The summed E-state index contributed by atoms with van der Waals surface area (Å²) in [4.78, 5) is 0. The summed E-state index contributed by atoms with van der Waals surface area (Å²) < 4.78 is 0.771. The molecule has 0 saturated carbocycles. The van der Waals surface area contributed by atoms with Crippen LogP contribution in [0.25, 0.3) is 0 Å². The average Bonchev–Trinajstić information content (AvgIpc) is 2.78. The van der Waals surface area contributed by atoms with Crippen molar-refractivity contribution in [1.29, 1.82) is 0 Å². The maximum absolute atomic E-state index is 10.2. The van der Waals surface area contributed by atoms with Crippen LogP contribution in [0.15, 0.2) is 43.0 Å². The van der Waals surface area contributed by atoms with E-state index in [1.54, 1.807) is 0 Å². The molecule has 0 bridgehead atoms. The lowest BCUT2D eigenvalue weighted by molar-refractivity contribution is -0.946. The Morgan fingerprint density at radius 1 is 0.676 bits per heavy atom. The fourth-order valence-electron chi connectivity index (χ4n) is 5.41. The lowest BCUT2D eigenvalue weighted by Gasteiger charge is -2.41. The van der Waals surface area contributed by atoms with Gasteiger partial charge in [-0.15, -0.1) is 6.58 Å². The molecule has 0 aromatic heterocycles. The molecule has 0 radical (unpaired) electrons. The Kier molecular flexibility index (Phi) is 18.2. The van der Waals surface area contributed by atoms with Crippen LogP contribution in [0, 0.1) is 0 Å². The van der Waals surface area contributed by atoms with Gasteiger partial charge in [0.05, 0.1) is 6.54 Å². The van der Waals surface area contributed by atoms with Crippen molar-refractivity contribution >= 4 is 0 Å². The van der Waals surface area contributed by atoms with Gasteiger partial charge in [-0.1, -0.05) is 107 Å². The minimum atomic E-state index is -0.361. The van der Waals surface area contributed by atoms with Crippen molar-refractivity contribution in [2.75, 3.05) is 19.6 Å². The van der Waals surface area contributed by atoms with Gasteiger partial charge in [0, 0.05) is 5.56 Å². The normalized spacial score (nSPS) is 15.1. The lowest BCUT2D eigenvalue weighted by atomic mass is 10.0. The minimum Gasteiger partial charge on any atom is -0.388 e. The second kappa shape index (κ2) is 20.1. The summed E-state index contributed by atoms with van der Waals surface area (Å²) in [5.41, 5.74) is 1.29. The number of nitrogens with zero attached hydrogens (tertiary/aromatic N) is 1. The SMILES string of the molecule is C=CCCCCCCCCCCCCCCCC[N+](Cc1ccccc1)(CC(C)O)CC(C)O. The Balaban J connectivity index is 2.20. The number of rotatable bonds is 23. The number of allylic oxidation sites excluding steroid dienone is 1. The Labute approximate surface area is 211 Å². The number of aliphatic hydroxyl groups is 2. The van der Waals surface area contributed by atoms with E-state index in [2.05, 4.69) is 36.9 Å². The van der Waals surface area contributed by atoms with Crippen LogP contribution in [-0.2, 0) is 6.54 Å². The molecular weight excluding hydrogens is 418 g/mol. The number of quaternary nitrogens is 1. The highest BCUT2D eigenvalue weighted by molar-refractivity contribution is 5.13. The molecule has 0 aliphatic heterocycles. The summed E-state index contributed by atoms with van der Waals surface area (Å²) in [7, 11) is 0. The van der Waals surface area contributed by atoms with Gasteiger partial charge in [0.1, 0.15) is 31.8 Å². The predicted octanol–water partition coefficient (Wildman–Crippen LogP) is 7.80. The maximum Gasteiger partial charge on any atom is 0.105 e. The van der Waals surface area contributed by atoms with Crippen molar-refractivity contribution in [1.82, 2.24) is 0 Å². The first-order valence-electron chi connectivity index (χ1n) is 14.3. The van der Waals surface area contributed by atoms with E-state index < -0.39 is 0 Å². The Bertz CT molecular complexity index is 574. The highest BCUT2D eigenvalue weighted by Gasteiger charge is 2.30. The fourth-order valence-corrected chi connectivity index (χ4v) is 5.41. The summed E-state index contributed by atoms with van der Waals surface area (Å²) in [5, 5.41) is 20.4. The van der Waals surface area contributed by atoms with Gasteiger partial charge in [0.2, 0.25) is 0 Å². The largest absolute Gasteiger partial charge is 0.388 e. The third-order valence-electron chi connectivity index (χ3n) is 6.95. The first kappa shape index (κ1) is 30.9. The number of hydrogen-bond donors (Lipinski definition) is 2. The van der Waals surface area contributed by atoms with Gasteiger partial charge in [-0.3, -0.25) is 0 Å². The van der Waals surface area contributed by atoms with Crippen LogP contribution in [0.3, 0.4) is 0 Å². The molecule has 2 atom stereocenters. The Hall–Kier alpha value is -1.16. The number of unbranched alkanes of at least 4 members (excludes halogenated alkanes) is 14. The van der Waals surface area contributed by atoms with Gasteiger partial charge < -0.3 is 14.7 Å². The van der Waals surface area contributed by atoms with E-state index in [4.69, 9.17) is 0 Å². The van der Waals surface area contributed by atoms with Crippen molar-refractivity contribution in [3.8, 4) is 0 Å². The molecule has 2 N–H and O–H groups in total. The van der Waals surface area contributed by atoms with Crippen LogP contribution < -0.4 is 0 Å². The maximum atomic E-state index is 10.2. The Morgan fingerprint density at radius 2 is 1.09 bits per heavy atom. The number of benzene rings is 1. The van der Waals surface area contributed by atoms with E-state index in [-0.39, 0.29) is 12.2 Å². The van der Waals surface area contributed by atoms with Gasteiger partial charge >= 0.3 is 0 Å². The van der Waals surface area contributed by atoms with Crippen molar-refractivity contribution in [3.63, 3.8) is 0 Å². The Morgan fingerprint density at radius 3 is 1.50 bits per heavy atom. The molecular formula is C31H56NO2+. The first-order chi connectivity index (χ1) is 16.5. The molecule has 34 heavy (non-hydrogen) atoms. The van der Waals surface area contributed by atoms with Gasteiger partial charge in [-0.2, -0.15) is 0 Å². The van der Waals surface area contributed by atoms with Crippen LogP contribution in [0.2, 0.25) is 0 Å². The molecule has 0 saturated heterocycles. The second-order valence-corrected chi connectivity index (χ2v) is 10.8. The molecule has 0 aliphatic carbocycles. The zero-order valence-electron chi connectivity index (χ0n) is 22.6. The second-order valence-electron chi connectivity index (χ2n) is 10.8. The third-order valence-corrected chi connectivity index (χ3v) is 6.95. The van der Waals surface area contributed by atoms with E-state index in [1.165, 1.54) is 102 Å². The topological polar surface area (TPSA) is 40.5 Å². The van der Waals surface area contributed by atoms with Crippen LogP contribution in [0.5, 0.6) is 0 Å². The van der Waals surface area contributed by atoms with Crippen LogP contribution in [0.1, 0.15) is 116 Å². The number of aliphatic hydroxyl groups excluding tert-OH is 2. The van der Waals surface area contributed by atoms with Gasteiger partial charge in [0.15, 0.2) is 0 Å². The molecule has 0 fully saturated rings. The summed E-state index contributed by atoms with van der Waals surface area (Å²) in [6.07, 6.45) is 21.4. The van der Waals surface area contributed by atoms with Gasteiger partial charge in [0.25, 0.3) is 0 Å². The zero-order valence-corrected chi connectivity index (χ0v) is 22.6. The van der Waals surface area contributed by atoms with Crippen molar-refractivity contribution < 1.29 is 14.7 Å². The van der Waals surface area contributed by atoms with Crippen molar-refractivity contribution in [2.24, 2.45) is 0 Å². The highest BCUT2D eigenvalue weighted by atomic mass is 16.3. The molecule has 1 aromatic carbocycles. The standard InChI is InChI=1S/C31H56NO2/c1-4-5-6-7-8-9-10-11-12-13-14-15-16-17-18-22-25-32(26-29(2)33,27-30(3)34)28-31-23-20-19-21-24-31/h4,19-21,23-24,29-30,33-34H,1,5-18,22,25-28H2,2-3H3/q+1. The first-order valence-corrected chi connectivity index (χ1v) is 14.3. The minimum absolute atomic E-state index is 0.361. The number of hydrogen-bond acceptors (Lipinski definition) is 2. The van der Waals surface area contributed by atoms with Crippen molar-refractivity contribution in [2.45, 2.75) is 129 Å². The van der Waals surface area contributed by atoms with Crippen LogP contribution >= 0.6 is 0 Å². The molecule has 3 nitrogen and oxygen atoms in total. The monoisotopic (exact) mass is 474 g/mol. The molecule has 0 heterocycles. The van der Waals surface area contributed by atoms with E-state index in [0.29, 0.717) is 13.1 Å². The van der Waals surface area contributed by atoms with Crippen LogP contribution in [0.4, 0.5) is 0 Å². The van der Waals surface area contributed by atoms with Crippen LogP contribution in [-0.4, -0.2) is 46.5 Å². The lowest BCUT2D eigenvalue weighted by Crippen LogP contribution is -2.54. The molecule has 0 amide bonds. The van der Waals surface area contributed by atoms with Gasteiger partial charge in [-0.25, -0.2) is 0 Å². The fraction of sp³-hybridized carbons (Fsp3) is 0.742. The quantitative estimate of drug-likeness (QED) is 0.0964. The summed E-state index contributed by atoms with van der Waals surface area (Å²) in [5.74, 6) is 0. The average molecular weight is 475 g/mol. The third kappa shape index (κ3) is 16.5. The zero-order chi connectivity index (χ0) is 24.9.